The van der Waals surface area contributed by atoms with Gasteiger partial charge in [0.2, 0.25) is 0 Å². The Morgan fingerprint density at radius 2 is 2.25 bits per heavy atom. The molecule has 2 fully saturated rings. The number of nitrogens with one attached hydrogen (secondary N) is 1. The molecule has 0 spiro atoms. The normalized spacial score (nSPS) is 41.4. The lowest BCUT2D eigenvalue weighted by atomic mass is 10.2. The summed E-state index contributed by atoms with van der Waals surface area (Å²) in [6, 6.07) is 1.19. The zero-order valence-electron chi connectivity index (χ0n) is 7.92. The highest BCUT2D eigenvalue weighted by atomic mass is 32.2. The third-order valence-electron chi connectivity index (χ3n) is 2.57. The highest BCUT2D eigenvalue weighted by molar-refractivity contribution is 8.14. The SMILES string of the molecule is CC1CSC(=NC2CC2(C)C)N1. The first-order valence-corrected chi connectivity index (χ1v) is 5.53. The number of aliphatic imine (C=N–C) groups is 1. The molecule has 0 bridgehead atoms. The Kier molecular flexibility index (Phi) is 1.86. The van der Waals surface area contributed by atoms with Crippen LogP contribution in [0.15, 0.2) is 4.99 Å². The van der Waals surface area contributed by atoms with Crippen LogP contribution in [0.4, 0.5) is 0 Å². The van der Waals surface area contributed by atoms with Gasteiger partial charge in [0.25, 0.3) is 0 Å². The van der Waals surface area contributed by atoms with Gasteiger partial charge in [-0.05, 0) is 18.8 Å². The van der Waals surface area contributed by atoms with Gasteiger partial charge in [0.05, 0.1) is 6.04 Å². The van der Waals surface area contributed by atoms with Crippen molar-refractivity contribution in [3.8, 4) is 0 Å². The van der Waals surface area contributed by atoms with E-state index in [1.54, 1.807) is 0 Å². The molecule has 0 radical (unpaired) electrons. The van der Waals surface area contributed by atoms with Crippen LogP contribution < -0.4 is 5.32 Å². The lowest BCUT2D eigenvalue weighted by molar-refractivity contribution is 0.617. The van der Waals surface area contributed by atoms with Crippen LogP contribution in [0.2, 0.25) is 0 Å². The molecule has 1 saturated heterocycles. The van der Waals surface area contributed by atoms with Crippen LogP contribution in [-0.4, -0.2) is 23.0 Å². The number of rotatable bonds is 1. The Hall–Kier alpha value is -0.180. The van der Waals surface area contributed by atoms with Crippen LogP contribution in [0.3, 0.4) is 0 Å². The van der Waals surface area contributed by atoms with Crippen molar-refractivity contribution >= 4 is 16.9 Å². The van der Waals surface area contributed by atoms with E-state index in [0.717, 1.165) is 5.17 Å². The van der Waals surface area contributed by atoms with Crippen molar-refractivity contribution in [2.45, 2.75) is 39.3 Å². The molecule has 68 valence electrons. The molecular weight excluding hydrogens is 168 g/mol. The second-order valence-electron chi connectivity index (χ2n) is 4.50. The Morgan fingerprint density at radius 3 is 2.67 bits per heavy atom. The summed E-state index contributed by atoms with van der Waals surface area (Å²) in [7, 11) is 0. The second-order valence-corrected chi connectivity index (χ2v) is 5.51. The van der Waals surface area contributed by atoms with Crippen molar-refractivity contribution in [1.82, 2.24) is 5.32 Å². The van der Waals surface area contributed by atoms with Gasteiger partial charge in [-0.25, -0.2) is 0 Å². The van der Waals surface area contributed by atoms with Gasteiger partial charge in [0, 0.05) is 11.8 Å². The Balaban J connectivity index is 1.93. The maximum atomic E-state index is 4.66. The van der Waals surface area contributed by atoms with Crippen molar-refractivity contribution in [3.63, 3.8) is 0 Å². The summed E-state index contributed by atoms with van der Waals surface area (Å²) >= 11 is 1.86. The molecule has 2 nitrogen and oxygen atoms in total. The molecule has 1 aliphatic carbocycles. The molecule has 2 unspecified atom stereocenters. The van der Waals surface area contributed by atoms with E-state index in [1.807, 2.05) is 11.8 Å². The molecule has 0 aromatic rings. The predicted molar refractivity (Wildman–Crippen MR) is 54.7 cm³/mol. The molecule has 12 heavy (non-hydrogen) atoms. The van der Waals surface area contributed by atoms with Gasteiger partial charge >= 0.3 is 0 Å². The monoisotopic (exact) mass is 184 g/mol. The number of thioether (sulfide) groups is 1. The summed E-state index contributed by atoms with van der Waals surface area (Å²) in [5, 5.41) is 4.54. The predicted octanol–water partition coefficient (Wildman–Crippen LogP) is 1.87. The van der Waals surface area contributed by atoms with E-state index in [4.69, 9.17) is 0 Å². The molecule has 0 amide bonds. The maximum Gasteiger partial charge on any atom is 0.157 e. The lowest BCUT2D eigenvalue weighted by Crippen LogP contribution is -2.23. The standard InChI is InChI=1S/C9H16N2S/c1-6-5-12-8(10-6)11-7-4-9(7,2)3/h6-7H,4-5H2,1-3H3,(H,10,11). The molecular formula is C9H16N2S. The van der Waals surface area contributed by atoms with Gasteiger partial charge in [-0.15, -0.1) is 0 Å². The Morgan fingerprint density at radius 1 is 1.58 bits per heavy atom. The molecule has 0 aromatic carbocycles. The summed E-state index contributed by atoms with van der Waals surface area (Å²) < 4.78 is 0. The zero-order valence-corrected chi connectivity index (χ0v) is 8.74. The van der Waals surface area contributed by atoms with Gasteiger partial charge in [0.15, 0.2) is 5.17 Å². The van der Waals surface area contributed by atoms with Crippen LogP contribution >= 0.6 is 11.8 Å². The fourth-order valence-electron chi connectivity index (χ4n) is 1.37. The topological polar surface area (TPSA) is 24.4 Å². The summed E-state index contributed by atoms with van der Waals surface area (Å²) in [6.07, 6.45) is 1.26. The minimum Gasteiger partial charge on any atom is -0.362 e. The molecule has 1 heterocycles. The first-order chi connectivity index (χ1) is 5.58. The van der Waals surface area contributed by atoms with E-state index < -0.39 is 0 Å². The van der Waals surface area contributed by atoms with Crippen LogP contribution in [0, 0.1) is 5.41 Å². The van der Waals surface area contributed by atoms with Gasteiger partial charge in [-0.1, -0.05) is 25.6 Å². The average molecular weight is 184 g/mol. The van der Waals surface area contributed by atoms with Crippen LogP contribution in [0.5, 0.6) is 0 Å². The quantitative estimate of drug-likeness (QED) is 0.672. The van der Waals surface area contributed by atoms with Gasteiger partial charge in [-0.2, -0.15) is 0 Å². The third-order valence-corrected chi connectivity index (χ3v) is 3.74. The number of hydrogen-bond acceptors (Lipinski definition) is 2. The number of hydrogen-bond donors (Lipinski definition) is 1. The zero-order chi connectivity index (χ0) is 8.77. The molecule has 1 aliphatic heterocycles. The lowest BCUT2D eigenvalue weighted by Gasteiger charge is -2.01. The van der Waals surface area contributed by atoms with E-state index in [9.17, 15) is 0 Å². The van der Waals surface area contributed by atoms with Crippen molar-refractivity contribution < 1.29 is 0 Å². The van der Waals surface area contributed by atoms with E-state index in [-0.39, 0.29) is 0 Å². The molecule has 2 aliphatic rings. The number of nitrogens with zero attached hydrogens (tertiary/aromatic N) is 1. The first kappa shape index (κ1) is 8.42. The summed E-state index contributed by atoms with van der Waals surface area (Å²) in [6.45, 7) is 6.77. The van der Waals surface area contributed by atoms with Crippen molar-refractivity contribution in [3.05, 3.63) is 0 Å². The molecule has 1 saturated carbocycles. The summed E-state index contributed by atoms with van der Waals surface area (Å²) in [4.78, 5) is 4.66. The van der Waals surface area contributed by atoms with Gasteiger partial charge < -0.3 is 5.32 Å². The van der Waals surface area contributed by atoms with Crippen LogP contribution in [-0.2, 0) is 0 Å². The minimum atomic E-state index is 0.473. The van der Waals surface area contributed by atoms with Gasteiger partial charge in [-0.3, -0.25) is 4.99 Å². The average Bonchev–Trinajstić information content (AvgIpc) is 2.41. The molecule has 3 heteroatoms. The van der Waals surface area contributed by atoms with Crippen LogP contribution in [0.1, 0.15) is 27.2 Å². The van der Waals surface area contributed by atoms with E-state index in [2.05, 4.69) is 31.1 Å². The summed E-state index contributed by atoms with van der Waals surface area (Å²) in [5.74, 6) is 1.17. The van der Waals surface area contributed by atoms with E-state index >= 15 is 0 Å². The summed E-state index contributed by atoms with van der Waals surface area (Å²) in [5.41, 5.74) is 0.473. The minimum absolute atomic E-state index is 0.473. The van der Waals surface area contributed by atoms with Crippen LogP contribution in [0.25, 0.3) is 0 Å². The molecule has 1 N–H and O–H groups in total. The molecule has 2 rings (SSSR count). The highest BCUT2D eigenvalue weighted by Gasteiger charge is 2.46. The van der Waals surface area contributed by atoms with Crippen molar-refractivity contribution in [2.75, 3.05) is 5.75 Å². The Labute approximate surface area is 78.2 Å². The van der Waals surface area contributed by atoms with E-state index in [1.165, 1.54) is 12.2 Å². The molecule has 0 aromatic heterocycles. The second kappa shape index (κ2) is 2.66. The fraction of sp³-hybridized carbons (Fsp3) is 0.889. The Bertz CT molecular complexity index is 223. The van der Waals surface area contributed by atoms with E-state index in [0.29, 0.717) is 17.5 Å². The van der Waals surface area contributed by atoms with Crippen molar-refractivity contribution in [2.24, 2.45) is 10.4 Å². The fourth-order valence-corrected chi connectivity index (χ4v) is 2.35. The first-order valence-electron chi connectivity index (χ1n) is 4.55. The van der Waals surface area contributed by atoms with Gasteiger partial charge in [0.1, 0.15) is 0 Å². The third kappa shape index (κ3) is 1.60. The number of amidine groups is 1. The largest absolute Gasteiger partial charge is 0.362 e. The molecule has 2 atom stereocenters. The van der Waals surface area contributed by atoms with Crippen molar-refractivity contribution in [1.29, 1.82) is 0 Å². The maximum absolute atomic E-state index is 4.66. The smallest absolute Gasteiger partial charge is 0.157 e. The highest BCUT2D eigenvalue weighted by Crippen LogP contribution is 2.47.